The molecule has 0 radical (unpaired) electrons. The van der Waals surface area contributed by atoms with Gasteiger partial charge in [0.1, 0.15) is 0 Å². The second-order valence-electron chi connectivity index (χ2n) is 3.77. The van der Waals surface area contributed by atoms with E-state index < -0.39 is 30.1 Å². The average Bonchev–Trinajstić information content (AvgIpc) is 2.19. The first-order valence-corrected chi connectivity index (χ1v) is 4.92. The zero-order valence-corrected chi connectivity index (χ0v) is 8.56. The third kappa shape index (κ3) is 2.44. The highest BCUT2D eigenvalue weighted by Crippen LogP contribution is 2.43. The summed E-state index contributed by atoms with van der Waals surface area (Å²) in [5.41, 5.74) is -1.35. The van der Waals surface area contributed by atoms with Crippen molar-refractivity contribution in [1.82, 2.24) is 0 Å². The normalized spacial score (nSPS) is 22.8. The fourth-order valence-corrected chi connectivity index (χ4v) is 1.67. The molecule has 0 atom stereocenters. The van der Waals surface area contributed by atoms with Gasteiger partial charge < -0.3 is 4.74 Å². The molecule has 0 amide bonds. The number of halogens is 2. The smallest absolute Gasteiger partial charge is 0.326 e. The summed E-state index contributed by atoms with van der Waals surface area (Å²) in [5, 5.41) is 8.91. The van der Waals surface area contributed by atoms with E-state index >= 15 is 0 Å². The Morgan fingerprint density at radius 1 is 1.40 bits per heavy atom. The molecule has 0 aromatic rings. The first-order chi connectivity index (χ1) is 6.96. The third-order valence-electron chi connectivity index (χ3n) is 2.72. The van der Waals surface area contributed by atoms with Crippen molar-refractivity contribution in [2.75, 3.05) is 6.61 Å². The molecule has 0 bridgehead atoms. The molecule has 0 saturated heterocycles. The van der Waals surface area contributed by atoms with Crippen LogP contribution in [0, 0.1) is 16.7 Å². The number of hydrogen-bond donors (Lipinski definition) is 0. The van der Waals surface area contributed by atoms with E-state index in [1.54, 1.807) is 6.92 Å². The molecule has 1 aliphatic carbocycles. The molecule has 0 unspecified atom stereocenters. The molecule has 0 aromatic carbocycles. The van der Waals surface area contributed by atoms with Crippen LogP contribution in [-0.2, 0) is 9.53 Å². The monoisotopic (exact) mass is 217 g/mol. The quantitative estimate of drug-likeness (QED) is 0.666. The molecular formula is C10H13F2NO2. The number of ether oxygens (including phenoxy) is 1. The summed E-state index contributed by atoms with van der Waals surface area (Å²) in [6, 6.07) is 1.83. The molecular weight excluding hydrogens is 204 g/mol. The van der Waals surface area contributed by atoms with Gasteiger partial charge >= 0.3 is 5.97 Å². The molecule has 0 spiro atoms. The second-order valence-corrected chi connectivity index (χ2v) is 3.77. The Balaban J connectivity index is 2.73. The van der Waals surface area contributed by atoms with Crippen LogP contribution in [0.1, 0.15) is 32.6 Å². The molecule has 3 nitrogen and oxygen atoms in total. The minimum Gasteiger partial charge on any atom is -0.465 e. The van der Waals surface area contributed by atoms with E-state index in [1.165, 1.54) is 0 Å². The van der Waals surface area contributed by atoms with Crippen molar-refractivity contribution >= 4 is 5.97 Å². The molecule has 0 aliphatic heterocycles. The topological polar surface area (TPSA) is 50.1 Å². The highest BCUT2D eigenvalue weighted by atomic mass is 19.3. The zero-order valence-electron chi connectivity index (χ0n) is 8.56. The maximum absolute atomic E-state index is 12.9. The third-order valence-corrected chi connectivity index (χ3v) is 2.72. The van der Waals surface area contributed by atoms with E-state index in [-0.39, 0.29) is 19.4 Å². The van der Waals surface area contributed by atoms with Crippen molar-refractivity contribution in [3.63, 3.8) is 0 Å². The fraction of sp³-hybridized carbons (Fsp3) is 0.800. The Bertz CT molecular complexity index is 286. The van der Waals surface area contributed by atoms with E-state index in [2.05, 4.69) is 0 Å². The lowest BCUT2D eigenvalue weighted by molar-refractivity contribution is -0.157. The highest BCUT2D eigenvalue weighted by Gasteiger charge is 2.49. The van der Waals surface area contributed by atoms with Gasteiger partial charge in [-0.25, -0.2) is 8.78 Å². The molecule has 1 saturated carbocycles. The lowest BCUT2D eigenvalue weighted by atomic mass is 9.74. The number of rotatable bonds is 2. The molecule has 0 heterocycles. The van der Waals surface area contributed by atoms with E-state index in [1.807, 2.05) is 6.07 Å². The number of nitriles is 1. The van der Waals surface area contributed by atoms with E-state index in [0.29, 0.717) is 0 Å². The molecule has 5 heteroatoms. The first kappa shape index (κ1) is 11.9. The summed E-state index contributed by atoms with van der Waals surface area (Å²) in [5.74, 6) is -3.41. The van der Waals surface area contributed by atoms with Gasteiger partial charge in [0.05, 0.1) is 12.7 Å². The van der Waals surface area contributed by atoms with Crippen molar-refractivity contribution < 1.29 is 18.3 Å². The summed E-state index contributed by atoms with van der Waals surface area (Å²) in [4.78, 5) is 11.5. The maximum atomic E-state index is 12.9. The highest BCUT2D eigenvalue weighted by molar-refractivity contribution is 5.80. The van der Waals surface area contributed by atoms with Gasteiger partial charge in [-0.1, -0.05) is 0 Å². The van der Waals surface area contributed by atoms with E-state index in [9.17, 15) is 13.6 Å². The number of alkyl halides is 2. The summed E-state index contributed by atoms with van der Waals surface area (Å²) < 4.78 is 30.5. The zero-order chi connectivity index (χ0) is 11.5. The maximum Gasteiger partial charge on any atom is 0.326 e. The lowest BCUT2D eigenvalue weighted by Crippen LogP contribution is -2.39. The van der Waals surface area contributed by atoms with Crippen molar-refractivity contribution in [2.24, 2.45) is 5.41 Å². The van der Waals surface area contributed by atoms with Crippen LogP contribution in [-0.4, -0.2) is 18.5 Å². The second kappa shape index (κ2) is 4.13. The van der Waals surface area contributed by atoms with E-state index in [0.717, 1.165) is 0 Å². The van der Waals surface area contributed by atoms with Gasteiger partial charge in [0.15, 0.2) is 5.41 Å². The number of carbonyl (C=O) groups excluding carboxylic acids is 1. The Hall–Kier alpha value is -1.18. The molecule has 1 fully saturated rings. The molecule has 84 valence electrons. The minimum absolute atomic E-state index is 0.116. The van der Waals surface area contributed by atoms with E-state index in [4.69, 9.17) is 10.00 Å². The van der Waals surface area contributed by atoms with Crippen molar-refractivity contribution in [3.8, 4) is 6.07 Å². The minimum atomic E-state index is -2.74. The lowest BCUT2D eigenvalue weighted by Gasteiger charge is -2.32. The Morgan fingerprint density at radius 2 is 1.93 bits per heavy atom. The predicted octanol–water partition coefficient (Wildman–Crippen LogP) is 2.27. The Kier molecular flexibility index (Phi) is 3.28. The van der Waals surface area contributed by atoms with Crippen LogP contribution in [0.3, 0.4) is 0 Å². The fourth-order valence-electron chi connectivity index (χ4n) is 1.67. The number of esters is 1. The molecule has 0 N–H and O–H groups in total. The van der Waals surface area contributed by atoms with Crippen LogP contribution < -0.4 is 0 Å². The Labute approximate surface area is 87.0 Å². The molecule has 1 aliphatic rings. The molecule has 1 rings (SSSR count). The predicted molar refractivity (Wildman–Crippen MR) is 48.1 cm³/mol. The van der Waals surface area contributed by atoms with Gasteiger partial charge in [0, 0.05) is 12.8 Å². The van der Waals surface area contributed by atoms with Gasteiger partial charge in [0.2, 0.25) is 5.92 Å². The van der Waals surface area contributed by atoms with Gasteiger partial charge in [-0.3, -0.25) is 4.79 Å². The summed E-state index contributed by atoms with van der Waals surface area (Å²) in [7, 11) is 0. The van der Waals surface area contributed by atoms with Gasteiger partial charge in [0.25, 0.3) is 0 Å². The first-order valence-electron chi connectivity index (χ1n) is 4.92. The van der Waals surface area contributed by atoms with Crippen LogP contribution in [0.2, 0.25) is 0 Å². The van der Waals surface area contributed by atoms with Crippen molar-refractivity contribution in [1.29, 1.82) is 5.26 Å². The SMILES string of the molecule is CCOC(=O)C1(C#N)CCC(F)(F)CC1. The van der Waals surface area contributed by atoms with Gasteiger partial charge in [-0.15, -0.1) is 0 Å². The number of nitrogens with zero attached hydrogens (tertiary/aromatic N) is 1. The summed E-state index contributed by atoms with van der Waals surface area (Å²) in [6.07, 6.45) is -1.07. The molecule has 0 aromatic heterocycles. The van der Waals surface area contributed by atoms with Crippen LogP contribution in [0.15, 0.2) is 0 Å². The largest absolute Gasteiger partial charge is 0.465 e. The van der Waals surface area contributed by atoms with Crippen molar-refractivity contribution in [3.05, 3.63) is 0 Å². The van der Waals surface area contributed by atoms with Crippen LogP contribution >= 0.6 is 0 Å². The van der Waals surface area contributed by atoms with Crippen LogP contribution in [0.5, 0.6) is 0 Å². The standard InChI is InChI=1S/C10H13F2NO2/c1-2-15-8(14)9(7-13)3-5-10(11,12)6-4-9/h2-6H2,1H3. The van der Waals surface area contributed by atoms with Crippen LogP contribution in [0.4, 0.5) is 8.78 Å². The number of hydrogen-bond acceptors (Lipinski definition) is 3. The average molecular weight is 217 g/mol. The Morgan fingerprint density at radius 3 is 2.33 bits per heavy atom. The number of carbonyl (C=O) groups is 1. The van der Waals surface area contributed by atoms with Gasteiger partial charge in [-0.05, 0) is 19.8 Å². The van der Waals surface area contributed by atoms with Crippen LogP contribution in [0.25, 0.3) is 0 Å². The van der Waals surface area contributed by atoms with Gasteiger partial charge in [-0.2, -0.15) is 5.26 Å². The molecule has 15 heavy (non-hydrogen) atoms. The summed E-state index contributed by atoms with van der Waals surface area (Å²) in [6.45, 7) is 1.79. The summed E-state index contributed by atoms with van der Waals surface area (Å²) >= 11 is 0. The van der Waals surface area contributed by atoms with Crippen molar-refractivity contribution in [2.45, 2.75) is 38.5 Å².